The smallest absolute Gasteiger partial charge is 0.363 e. The number of nitrogen functional groups attached to an aromatic ring is 1. The zero-order valence-electron chi connectivity index (χ0n) is 7.79. The third-order valence-electron chi connectivity index (χ3n) is 2.40. The molecule has 1 heterocycles. The topological polar surface area (TPSA) is 38.5 Å². The molecule has 3 nitrogen and oxygen atoms in total. The van der Waals surface area contributed by atoms with Gasteiger partial charge in [-0.25, -0.2) is 0 Å². The van der Waals surface area contributed by atoms with Crippen LogP contribution in [0, 0.1) is 0 Å². The summed E-state index contributed by atoms with van der Waals surface area (Å²) in [6, 6.07) is 6.08. The van der Waals surface area contributed by atoms with E-state index >= 15 is 0 Å². The summed E-state index contributed by atoms with van der Waals surface area (Å²) in [5.41, 5.74) is 9.36. The quantitative estimate of drug-likeness (QED) is 0.526. The summed E-state index contributed by atoms with van der Waals surface area (Å²) in [6.07, 6.45) is 0. The Hall–Kier alpha value is -0.995. The Balaban J connectivity index is 2.20. The highest BCUT2D eigenvalue weighted by molar-refractivity contribution is 6.23. The molecular weight excluding hydrogens is 163 g/mol. The van der Waals surface area contributed by atoms with Crippen molar-refractivity contribution in [3.63, 3.8) is 0 Å². The van der Waals surface area contributed by atoms with Crippen molar-refractivity contribution < 1.29 is 4.65 Å². The van der Waals surface area contributed by atoms with E-state index in [0.717, 1.165) is 18.8 Å². The molecule has 13 heavy (non-hydrogen) atoms. The van der Waals surface area contributed by atoms with Gasteiger partial charge in [-0.1, -0.05) is 12.1 Å². The summed E-state index contributed by atoms with van der Waals surface area (Å²) in [5, 5.41) is 0. The van der Waals surface area contributed by atoms with Crippen molar-refractivity contribution in [1.29, 1.82) is 0 Å². The number of nitrogens with zero attached hydrogens (tertiary/aromatic N) is 1. The second-order valence-corrected chi connectivity index (χ2v) is 3.39. The van der Waals surface area contributed by atoms with Gasteiger partial charge in [0.1, 0.15) is 0 Å². The van der Waals surface area contributed by atoms with Crippen LogP contribution in [-0.4, -0.2) is 19.5 Å². The van der Waals surface area contributed by atoms with Crippen molar-refractivity contribution >= 4 is 13.3 Å². The summed E-state index contributed by atoms with van der Waals surface area (Å²) in [7, 11) is 2.39. The number of nitrogens with two attached hydrogens (primary N) is 1. The number of benzene rings is 1. The molecule has 0 aliphatic carbocycles. The first kappa shape index (κ1) is 8.60. The number of rotatable bonds is 2. The fraction of sp³-hybridized carbons (Fsp3) is 0.333. The van der Waals surface area contributed by atoms with Gasteiger partial charge in [-0.15, -0.1) is 0 Å². The van der Waals surface area contributed by atoms with E-state index in [-0.39, 0.29) is 0 Å². The Bertz CT molecular complexity index is 316. The average molecular weight is 176 g/mol. The molecule has 2 N–H and O–H groups in total. The molecule has 0 saturated heterocycles. The number of fused-ring (bicyclic) bond motifs is 1. The van der Waals surface area contributed by atoms with E-state index < -0.39 is 0 Å². The lowest BCUT2D eigenvalue weighted by atomic mass is 10.1. The van der Waals surface area contributed by atoms with Crippen molar-refractivity contribution in [2.45, 2.75) is 13.1 Å². The Labute approximate surface area is 78.8 Å². The summed E-state index contributed by atoms with van der Waals surface area (Å²) in [4.78, 5) is 2.22. The van der Waals surface area contributed by atoms with Crippen molar-refractivity contribution in [3.8, 4) is 0 Å². The van der Waals surface area contributed by atoms with E-state index in [9.17, 15) is 0 Å². The van der Waals surface area contributed by atoms with E-state index in [1.807, 2.05) is 12.1 Å². The molecule has 0 fully saturated rings. The predicted octanol–water partition coefficient (Wildman–Crippen LogP) is 0.497. The maximum Gasteiger partial charge on any atom is 0.363 e. The van der Waals surface area contributed by atoms with E-state index in [0.29, 0.717) is 7.62 Å². The fourth-order valence-electron chi connectivity index (χ4n) is 1.79. The van der Waals surface area contributed by atoms with Gasteiger partial charge >= 0.3 is 7.62 Å². The number of anilines is 1. The van der Waals surface area contributed by atoms with E-state index in [4.69, 9.17) is 10.4 Å². The summed E-state index contributed by atoms with van der Waals surface area (Å²) in [5.74, 6) is 0. The third-order valence-corrected chi connectivity index (χ3v) is 2.40. The van der Waals surface area contributed by atoms with Crippen LogP contribution in [0.15, 0.2) is 18.2 Å². The Morgan fingerprint density at radius 2 is 2.31 bits per heavy atom. The van der Waals surface area contributed by atoms with Crippen LogP contribution in [0.4, 0.5) is 5.69 Å². The highest BCUT2D eigenvalue weighted by Gasteiger charge is 2.20. The first-order valence-electron chi connectivity index (χ1n) is 4.39. The van der Waals surface area contributed by atoms with Crippen LogP contribution >= 0.6 is 0 Å². The number of hydrogen-bond donors (Lipinski definition) is 1. The summed E-state index contributed by atoms with van der Waals surface area (Å²) >= 11 is 0. The minimum atomic E-state index is 0.675. The van der Waals surface area contributed by atoms with Crippen LogP contribution in [0.3, 0.4) is 0 Å². The lowest BCUT2D eigenvalue weighted by Crippen LogP contribution is -2.22. The third kappa shape index (κ3) is 1.55. The molecule has 0 bridgehead atoms. The SMILES string of the molecule is COBN1Cc2cccc(N)c2C1. The van der Waals surface area contributed by atoms with Gasteiger partial charge in [0.25, 0.3) is 0 Å². The molecule has 0 aromatic heterocycles. The molecule has 4 heteroatoms. The Morgan fingerprint density at radius 3 is 3.00 bits per heavy atom. The van der Waals surface area contributed by atoms with Crippen LogP contribution in [0.1, 0.15) is 11.1 Å². The standard InChI is InChI=1S/C9H13BN2O/c1-13-10-12-5-7-3-2-4-9(11)8(7)6-12/h2-4,10H,5-6,11H2,1H3. The van der Waals surface area contributed by atoms with Crippen molar-refractivity contribution in [3.05, 3.63) is 29.3 Å². The maximum absolute atomic E-state index is 5.86. The predicted molar refractivity (Wildman–Crippen MR) is 54.3 cm³/mol. The van der Waals surface area contributed by atoms with Crippen molar-refractivity contribution in [2.75, 3.05) is 12.8 Å². The van der Waals surface area contributed by atoms with Gasteiger partial charge in [0.2, 0.25) is 0 Å². The normalized spacial score (nSPS) is 15.8. The van der Waals surface area contributed by atoms with Gasteiger partial charge in [0, 0.05) is 25.9 Å². The molecule has 0 amide bonds. The summed E-state index contributed by atoms with van der Waals surface area (Å²) in [6.45, 7) is 1.87. The van der Waals surface area contributed by atoms with Crippen molar-refractivity contribution in [2.24, 2.45) is 0 Å². The molecule has 0 spiro atoms. The second-order valence-electron chi connectivity index (χ2n) is 3.39. The van der Waals surface area contributed by atoms with Crippen LogP contribution in [0.2, 0.25) is 0 Å². The first-order valence-corrected chi connectivity index (χ1v) is 4.39. The first-order chi connectivity index (χ1) is 6.31. The molecule has 68 valence electrons. The fourth-order valence-corrected chi connectivity index (χ4v) is 1.79. The highest BCUT2D eigenvalue weighted by Crippen LogP contribution is 2.26. The molecule has 1 aliphatic rings. The van der Waals surface area contributed by atoms with Crippen LogP contribution in [0.5, 0.6) is 0 Å². The molecule has 0 atom stereocenters. The monoisotopic (exact) mass is 176 g/mol. The van der Waals surface area contributed by atoms with Gasteiger partial charge in [0.15, 0.2) is 0 Å². The van der Waals surface area contributed by atoms with Crippen LogP contribution in [0.25, 0.3) is 0 Å². The lowest BCUT2D eigenvalue weighted by Gasteiger charge is -2.10. The summed E-state index contributed by atoms with van der Waals surface area (Å²) < 4.78 is 5.08. The molecule has 1 aromatic rings. The molecule has 1 aromatic carbocycles. The van der Waals surface area contributed by atoms with Gasteiger partial charge in [-0.05, 0) is 17.2 Å². The minimum Gasteiger partial charge on any atom is -0.427 e. The Morgan fingerprint density at radius 1 is 1.46 bits per heavy atom. The van der Waals surface area contributed by atoms with Gasteiger partial charge in [-0.3, -0.25) is 0 Å². The molecule has 0 unspecified atom stereocenters. The average Bonchev–Trinajstić information content (AvgIpc) is 2.49. The van der Waals surface area contributed by atoms with E-state index in [1.165, 1.54) is 11.1 Å². The molecule has 0 radical (unpaired) electrons. The van der Waals surface area contributed by atoms with Gasteiger partial charge in [0.05, 0.1) is 0 Å². The zero-order valence-corrected chi connectivity index (χ0v) is 7.79. The van der Waals surface area contributed by atoms with Crippen LogP contribution < -0.4 is 5.73 Å². The van der Waals surface area contributed by atoms with Gasteiger partial charge in [-0.2, -0.15) is 0 Å². The zero-order chi connectivity index (χ0) is 9.26. The lowest BCUT2D eigenvalue weighted by molar-refractivity contribution is 0.345. The minimum absolute atomic E-state index is 0.675. The molecule has 0 saturated carbocycles. The van der Waals surface area contributed by atoms with E-state index in [2.05, 4.69) is 10.9 Å². The van der Waals surface area contributed by atoms with E-state index in [1.54, 1.807) is 7.11 Å². The molecule has 1 aliphatic heterocycles. The molecular formula is C9H13BN2O. The largest absolute Gasteiger partial charge is 0.427 e. The highest BCUT2D eigenvalue weighted by atomic mass is 16.4. The molecule has 2 rings (SSSR count). The van der Waals surface area contributed by atoms with Crippen molar-refractivity contribution in [1.82, 2.24) is 4.81 Å². The maximum atomic E-state index is 5.86. The second kappa shape index (κ2) is 3.40. The van der Waals surface area contributed by atoms with Gasteiger partial charge < -0.3 is 15.2 Å². The Kier molecular flexibility index (Phi) is 2.25. The number of hydrogen-bond acceptors (Lipinski definition) is 3. The van der Waals surface area contributed by atoms with Crippen LogP contribution in [-0.2, 0) is 17.7 Å².